The van der Waals surface area contributed by atoms with Crippen molar-refractivity contribution in [1.82, 2.24) is 0 Å². The quantitative estimate of drug-likeness (QED) is 0.625. The minimum atomic E-state index is -2.54. The van der Waals surface area contributed by atoms with Gasteiger partial charge in [-0.15, -0.1) is 0 Å². The molecule has 0 spiro atoms. The van der Waals surface area contributed by atoms with Crippen LogP contribution in [0.2, 0.25) is 0 Å². The molecule has 61 valence electrons. The fourth-order valence-electron chi connectivity index (χ4n) is 0.632. The molecule has 1 radical (unpaired) electrons. The summed E-state index contributed by atoms with van der Waals surface area (Å²) in [5.74, 6) is 0. The Kier molecular flexibility index (Phi) is 4.96. The van der Waals surface area contributed by atoms with Gasteiger partial charge in [-0.2, -0.15) is 0 Å². The first-order chi connectivity index (χ1) is 4.62. The van der Waals surface area contributed by atoms with E-state index in [4.69, 9.17) is 10.3 Å². The van der Waals surface area contributed by atoms with Gasteiger partial charge >= 0.3 is 0 Å². The van der Waals surface area contributed by atoms with Crippen molar-refractivity contribution in [2.45, 2.75) is 13.3 Å². The van der Waals surface area contributed by atoms with E-state index in [2.05, 4.69) is 6.66 Å². The van der Waals surface area contributed by atoms with Crippen molar-refractivity contribution in [2.75, 3.05) is 19.3 Å². The molecule has 0 rings (SSSR count). The fraction of sp³-hybridized carbons (Fsp3) is 0.833. The minimum Gasteiger partial charge on any atom is -0.330 e. The van der Waals surface area contributed by atoms with Crippen LogP contribution in [0.1, 0.15) is 13.3 Å². The van der Waals surface area contributed by atoms with E-state index in [1.54, 1.807) is 6.92 Å². The van der Waals surface area contributed by atoms with E-state index >= 15 is 0 Å². The largest absolute Gasteiger partial charge is 0.330 e. The van der Waals surface area contributed by atoms with Gasteiger partial charge in [-0.05, 0) is 19.9 Å². The van der Waals surface area contributed by atoms with Crippen LogP contribution in [-0.2, 0) is 9.09 Å². The molecule has 0 aliphatic heterocycles. The lowest BCUT2D eigenvalue weighted by Gasteiger charge is -2.10. The van der Waals surface area contributed by atoms with Crippen LogP contribution in [0.25, 0.3) is 0 Å². The Bertz CT molecular complexity index is 127. The zero-order valence-corrected chi connectivity index (χ0v) is 7.27. The Morgan fingerprint density at radius 3 is 2.70 bits per heavy atom. The summed E-state index contributed by atoms with van der Waals surface area (Å²) < 4.78 is 16.1. The second-order valence-corrected chi connectivity index (χ2v) is 4.43. The molecule has 2 N–H and O–H groups in total. The van der Waals surface area contributed by atoms with Gasteiger partial charge in [0.25, 0.3) is 0 Å². The van der Waals surface area contributed by atoms with E-state index in [0.29, 0.717) is 19.3 Å². The molecule has 0 aliphatic carbocycles. The first-order valence-electron chi connectivity index (χ1n) is 3.40. The van der Waals surface area contributed by atoms with E-state index in [9.17, 15) is 4.57 Å². The van der Waals surface area contributed by atoms with Crippen LogP contribution in [0.15, 0.2) is 0 Å². The number of hydrogen-bond acceptors (Lipinski definition) is 3. The number of hydrogen-bond donors (Lipinski definition) is 1. The van der Waals surface area contributed by atoms with E-state index in [1.165, 1.54) is 0 Å². The zero-order valence-electron chi connectivity index (χ0n) is 6.38. The Morgan fingerprint density at radius 2 is 2.30 bits per heavy atom. The standard InChI is InChI=1S/C6H15NO2P/c1-3-9-10(2,8)6-4-5-7/h2-7H2,1H3. The van der Waals surface area contributed by atoms with Crippen molar-refractivity contribution in [1.29, 1.82) is 0 Å². The molecule has 0 aromatic heterocycles. The van der Waals surface area contributed by atoms with Crippen LogP contribution in [0.5, 0.6) is 0 Å². The average molecular weight is 164 g/mol. The molecular weight excluding hydrogens is 149 g/mol. The van der Waals surface area contributed by atoms with Gasteiger partial charge in [0.2, 0.25) is 7.37 Å². The van der Waals surface area contributed by atoms with Crippen LogP contribution < -0.4 is 5.73 Å². The highest BCUT2D eigenvalue weighted by atomic mass is 31.2. The van der Waals surface area contributed by atoms with Crippen LogP contribution in [0, 0.1) is 6.66 Å². The molecule has 0 bridgehead atoms. The minimum absolute atomic E-state index is 0.464. The number of rotatable bonds is 5. The second kappa shape index (κ2) is 4.89. The Hall–Kier alpha value is 0.150. The molecule has 3 nitrogen and oxygen atoms in total. The molecule has 0 aromatic carbocycles. The molecule has 0 amide bonds. The van der Waals surface area contributed by atoms with Gasteiger partial charge in [0.15, 0.2) is 0 Å². The summed E-state index contributed by atoms with van der Waals surface area (Å²) in [6, 6.07) is 0. The smallest absolute Gasteiger partial charge is 0.203 e. The van der Waals surface area contributed by atoms with Gasteiger partial charge < -0.3 is 10.3 Å². The molecule has 1 unspecified atom stereocenters. The lowest BCUT2D eigenvalue weighted by Crippen LogP contribution is -2.02. The maximum atomic E-state index is 11.2. The van der Waals surface area contributed by atoms with Gasteiger partial charge in [-0.3, -0.25) is 4.57 Å². The van der Waals surface area contributed by atoms with Crippen molar-refractivity contribution in [3.8, 4) is 0 Å². The highest BCUT2D eigenvalue weighted by molar-refractivity contribution is 7.60. The summed E-state index contributed by atoms with van der Waals surface area (Å²) in [6.45, 7) is 6.29. The summed E-state index contributed by atoms with van der Waals surface area (Å²) in [4.78, 5) is 0. The van der Waals surface area contributed by atoms with E-state index in [1.807, 2.05) is 0 Å². The third kappa shape index (κ3) is 4.98. The monoisotopic (exact) mass is 164 g/mol. The Labute approximate surface area is 62.4 Å². The molecule has 0 saturated heterocycles. The topological polar surface area (TPSA) is 52.3 Å². The molecule has 1 atom stereocenters. The van der Waals surface area contributed by atoms with E-state index < -0.39 is 7.37 Å². The molecule has 0 heterocycles. The average Bonchev–Trinajstić information content (AvgIpc) is 1.84. The van der Waals surface area contributed by atoms with Gasteiger partial charge in [0.1, 0.15) is 0 Å². The second-order valence-electron chi connectivity index (χ2n) is 2.10. The van der Waals surface area contributed by atoms with E-state index in [0.717, 1.165) is 6.42 Å². The van der Waals surface area contributed by atoms with Crippen molar-refractivity contribution in [2.24, 2.45) is 5.73 Å². The van der Waals surface area contributed by atoms with Crippen molar-refractivity contribution >= 4 is 7.37 Å². The van der Waals surface area contributed by atoms with Gasteiger partial charge in [0, 0.05) is 12.8 Å². The Balaban J connectivity index is 3.53. The maximum Gasteiger partial charge on any atom is 0.203 e. The molecule has 0 fully saturated rings. The van der Waals surface area contributed by atoms with E-state index in [-0.39, 0.29) is 0 Å². The van der Waals surface area contributed by atoms with Crippen molar-refractivity contribution in [3.63, 3.8) is 0 Å². The first-order valence-corrected chi connectivity index (χ1v) is 5.40. The lowest BCUT2D eigenvalue weighted by molar-refractivity contribution is 0.339. The SMILES string of the molecule is [CH2]P(=O)(CCCN)OCC. The van der Waals surface area contributed by atoms with Crippen LogP contribution in [0.3, 0.4) is 0 Å². The third-order valence-corrected chi connectivity index (χ3v) is 2.79. The predicted octanol–water partition coefficient (Wildman–Crippen LogP) is 1.44. The molecule has 0 aromatic rings. The summed E-state index contributed by atoms with van der Waals surface area (Å²) >= 11 is 0. The van der Waals surface area contributed by atoms with Crippen LogP contribution >= 0.6 is 7.37 Å². The van der Waals surface area contributed by atoms with Gasteiger partial charge in [0.05, 0.1) is 6.61 Å². The fourth-order valence-corrected chi connectivity index (χ4v) is 1.90. The predicted molar refractivity (Wildman–Crippen MR) is 43.1 cm³/mol. The van der Waals surface area contributed by atoms with Crippen LogP contribution in [0.4, 0.5) is 0 Å². The van der Waals surface area contributed by atoms with Gasteiger partial charge in [-0.25, -0.2) is 0 Å². The molecule has 0 aliphatic rings. The van der Waals surface area contributed by atoms with Crippen molar-refractivity contribution in [3.05, 3.63) is 6.66 Å². The summed E-state index contributed by atoms with van der Waals surface area (Å²) in [5.41, 5.74) is 5.23. The maximum absolute atomic E-state index is 11.2. The van der Waals surface area contributed by atoms with Crippen molar-refractivity contribution < 1.29 is 9.09 Å². The van der Waals surface area contributed by atoms with Crippen LogP contribution in [-0.4, -0.2) is 19.3 Å². The molecule has 0 saturated carbocycles. The normalized spacial score (nSPS) is 16.7. The zero-order chi connectivity index (χ0) is 8.04. The number of nitrogens with two attached hydrogens (primary N) is 1. The highest BCUT2D eigenvalue weighted by Crippen LogP contribution is 2.44. The summed E-state index contributed by atoms with van der Waals surface area (Å²) in [6.07, 6.45) is 1.22. The summed E-state index contributed by atoms with van der Waals surface area (Å²) in [5, 5.41) is 0. The van der Waals surface area contributed by atoms with Gasteiger partial charge in [-0.1, -0.05) is 0 Å². The molecule has 10 heavy (non-hydrogen) atoms. The Morgan fingerprint density at radius 1 is 1.70 bits per heavy atom. The first kappa shape index (κ1) is 10.2. The molecule has 4 heteroatoms. The highest BCUT2D eigenvalue weighted by Gasteiger charge is 2.13. The third-order valence-electron chi connectivity index (χ3n) is 1.07. The summed E-state index contributed by atoms with van der Waals surface area (Å²) in [7, 11) is -2.54. The lowest BCUT2D eigenvalue weighted by atomic mass is 10.5. The molecular formula is C6H15NO2P.